The summed E-state index contributed by atoms with van der Waals surface area (Å²) in [6.07, 6.45) is 0.0377. The third-order valence-corrected chi connectivity index (χ3v) is 5.81. The molecule has 0 saturated heterocycles. The summed E-state index contributed by atoms with van der Waals surface area (Å²) in [4.78, 5) is 36.6. The largest absolute Gasteiger partial charge is 0.469 e. The normalized spacial score (nSPS) is 11.4. The number of likely N-dealkylation sites (N-methyl/N-ethyl adjacent to an activating group) is 1. The van der Waals surface area contributed by atoms with Crippen molar-refractivity contribution < 1.29 is 27.5 Å². The van der Waals surface area contributed by atoms with Crippen LogP contribution in [0, 0.1) is 5.92 Å². The number of hydrogen-bond acceptors (Lipinski definition) is 6. The van der Waals surface area contributed by atoms with Gasteiger partial charge in [-0.15, -0.1) is 0 Å². The average molecular weight is 428 g/mol. The summed E-state index contributed by atoms with van der Waals surface area (Å²) in [5, 5.41) is 2.56. The second-order valence-corrected chi connectivity index (χ2v) is 9.07. The van der Waals surface area contributed by atoms with E-state index in [4.69, 9.17) is 0 Å². The number of hydrogen-bond donors (Lipinski definition) is 1. The van der Waals surface area contributed by atoms with Gasteiger partial charge in [0, 0.05) is 32.7 Å². The molecule has 1 rings (SSSR count). The van der Waals surface area contributed by atoms with Crippen LogP contribution in [0.3, 0.4) is 0 Å². The summed E-state index contributed by atoms with van der Waals surface area (Å²) in [6, 6.07) is 5.69. The van der Waals surface area contributed by atoms with Crippen LogP contribution in [0.2, 0.25) is 0 Å². The van der Waals surface area contributed by atoms with Crippen molar-refractivity contribution >= 4 is 33.5 Å². The van der Waals surface area contributed by atoms with Crippen molar-refractivity contribution in [2.75, 3.05) is 39.1 Å². The number of amides is 2. The fourth-order valence-electron chi connectivity index (χ4n) is 2.56. The Morgan fingerprint density at radius 3 is 2.21 bits per heavy atom. The number of methoxy groups -OCH3 is 1. The molecule has 0 aliphatic heterocycles. The standard InChI is InChI=1S/C19H29N3O6S/c1-14(2)12-22(11-10-19(25)28-5)18(24)13-21(4)29(26,27)17-8-6-16(7-9-17)20-15(3)23/h6-9,14H,10-13H2,1-5H3,(H,20,23). The highest BCUT2D eigenvalue weighted by atomic mass is 32.2. The molecule has 0 unspecified atom stereocenters. The predicted octanol–water partition coefficient (Wildman–Crippen LogP) is 1.31. The summed E-state index contributed by atoms with van der Waals surface area (Å²) in [5.74, 6) is -0.948. The second-order valence-electron chi connectivity index (χ2n) is 7.03. The summed E-state index contributed by atoms with van der Waals surface area (Å²) >= 11 is 0. The molecule has 0 fully saturated rings. The van der Waals surface area contributed by atoms with Gasteiger partial charge in [0.15, 0.2) is 0 Å². The molecule has 1 aromatic rings. The van der Waals surface area contributed by atoms with Gasteiger partial charge < -0.3 is 15.0 Å². The van der Waals surface area contributed by atoms with Gasteiger partial charge in [0.05, 0.1) is 25.0 Å². The number of sulfonamides is 1. The lowest BCUT2D eigenvalue weighted by Gasteiger charge is -2.26. The molecule has 0 aliphatic rings. The Kier molecular flexibility index (Phi) is 9.25. The average Bonchev–Trinajstić information content (AvgIpc) is 2.64. The number of anilines is 1. The summed E-state index contributed by atoms with van der Waals surface area (Å²) in [7, 11) is -1.30. The minimum atomic E-state index is -3.90. The molecule has 0 bridgehead atoms. The zero-order chi connectivity index (χ0) is 22.2. The molecule has 0 saturated carbocycles. The molecule has 0 atom stereocenters. The van der Waals surface area contributed by atoms with Gasteiger partial charge in [-0.25, -0.2) is 8.42 Å². The van der Waals surface area contributed by atoms with Crippen molar-refractivity contribution in [2.45, 2.75) is 32.1 Å². The lowest BCUT2D eigenvalue weighted by Crippen LogP contribution is -2.43. The maximum absolute atomic E-state index is 12.8. The maximum atomic E-state index is 12.8. The van der Waals surface area contributed by atoms with E-state index in [-0.39, 0.29) is 36.2 Å². The number of benzene rings is 1. The summed E-state index contributed by atoms with van der Waals surface area (Å²) in [5.41, 5.74) is 0.473. The van der Waals surface area contributed by atoms with Crippen molar-refractivity contribution in [2.24, 2.45) is 5.92 Å². The van der Waals surface area contributed by atoms with Crippen LogP contribution in [0.5, 0.6) is 0 Å². The van der Waals surface area contributed by atoms with E-state index < -0.39 is 21.9 Å². The highest BCUT2D eigenvalue weighted by Gasteiger charge is 2.26. The first-order chi connectivity index (χ1) is 13.5. The minimum Gasteiger partial charge on any atom is -0.469 e. The third-order valence-electron chi connectivity index (χ3n) is 3.99. The van der Waals surface area contributed by atoms with Gasteiger partial charge in [0.2, 0.25) is 21.8 Å². The van der Waals surface area contributed by atoms with E-state index in [1.165, 1.54) is 50.2 Å². The Hall–Kier alpha value is -2.46. The predicted molar refractivity (Wildman–Crippen MR) is 109 cm³/mol. The van der Waals surface area contributed by atoms with Crippen LogP contribution in [-0.2, 0) is 29.1 Å². The van der Waals surface area contributed by atoms with E-state index in [0.29, 0.717) is 12.2 Å². The van der Waals surface area contributed by atoms with Crippen LogP contribution < -0.4 is 5.32 Å². The molecule has 0 heterocycles. The Morgan fingerprint density at radius 2 is 1.72 bits per heavy atom. The number of nitrogens with one attached hydrogen (secondary N) is 1. The van der Waals surface area contributed by atoms with Crippen molar-refractivity contribution in [3.8, 4) is 0 Å². The van der Waals surface area contributed by atoms with Crippen LogP contribution >= 0.6 is 0 Å². The van der Waals surface area contributed by atoms with Gasteiger partial charge in [-0.05, 0) is 30.2 Å². The number of esters is 1. The Balaban J connectivity index is 2.88. The molecule has 1 aromatic carbocycles. The van der Waals surface area contributed by atoms with Crippen LogP contribution in [0.1, 0.15) is 27.2 Å². The summed E-state index contributed by atoms with van der Waals surface area (Å²) in [6.45, 7) is 5.40. The van der Waals surface area contributed by atoms with E-state index in [2.05, 4.69) is 10.1 Å². The smallest absolute Gasteiger partial charge is 0.307 e. The molecule has 162 valence electrons. The van der Waals surface area contributed by atoms with Crippen LogP contribution in [0.25, 0.3) is 0 Å². The number of carbonyl (C=O) groups excluding carboxylic acids is 3. The monoisotopic (exact) mass is 427 g/mol. The first kappa shape index (κ1) is 24.6. The quantitative estimate of drug-likeness (QED) is 0.564. The Morgan fingerprint density at radius 1 is 1.14 bits per heavy atom. The molecule has 10 heteroatoms. The zero-order valence-electron chi connectivity index (χ0n) is 17.5. The molecular weight excluding hydrogens is 398 g/mol. The van der Waals surface area contributed by atoms with Gasteiger partial charge in [-0.2, -0.15) is 4.31 Å². The van der Waals surface area contributed by atoms with Gasteiger partial charge in [-0.3, -0.25) is 14.4 Å². The first-order valence-corrected chi connectivity index (χ1v) is 10.6. The molecule has 1 N–H and O–H groups in total. The SMILES string of the molecule is COC(=O)CCN(CC(C)C)C(=O)CN(C)S(=O)(=O)c1ccc(NC(C)=O)cc1. The van der Waals surface area contributed by atoms with Crippen molar-refractivity contribution in [3.63, 3.8) is 0 Å². The van der Waals surface area contributed by atoms with Crippen LogP contribution in [0.15, 0.2) is 29.2 Å². The molecule has 0 radical (unpaired) electrons. The van der Waals surface area contributed by atoms with Gasteiger partial charge in [-0.1, -0.05) is 13.8 Å². The topological polar surface area (TPSA) is 113 Å². The van der Waals surface area contributed by atoms with E-state index >= 15 is 0 Å². The van der Waals surface area contributed by atoms with E-state index in [1.54, 1.807) is 0 Å². The molecule has 0 aliphatic carbocycles. The molecule has 0 spiro atoms. The molecular formula is C19H29N3O6S. The highest BCUT2D eigenvalue weighted by Crippen LogP contribution is 2.18. The third kappa shape index (κ3) is 7.82. The minimum absolute atomic E-state index is 0.00636. The number of nitrogens with zero attached hydrogens (tertiary/aromatic N) is 2. The zero-order valence-corrected chi connectivity index (χ0v) is 18.3. The van der Waals surface area contributed by atoms with E-state index in [9.17, 15) is 22.8 Å². The number of rotatable bonds is 10. The van der Waals surface area contributed by atoms with Crippen molar-refractivity contribution in [1.29, 1.82) is 0 Å². The molecule has 0 aromatic heterocycles. The van der Waals surface area contributed by atoms with Crippen LogP contribution in [-0.4, -0.2) is 69.2 Å². The fraction of sp³-hybridized carbons (Fsp3) is 0.526. The van der Waals surface area contributed by atoms with Gasteiger partial charge >= 0.3 is 5.97 Å². The lowest BCUT2D eigenvalue weighted by molar-refractivity contribution is -0.142. The van der Waals surface area contributed by atoms with Crippen molar-refractivity contribution in [1.82, 2.24) is 9.21 Å². The molecule has 2 amide bonds. The Bertz CT molecular complexity index is 821. The van der Waals surface area contributed by atoms with E-state index in [0.717, 1.165) is 4.31 Å². The fourth-order valence-corrected chi connectivity index (χ4v) is 3.68. The van der Waals surface area contributed by atoms with E-state index in [1.807, 2.05) is 13.8 Å². The highest BCUT2D eigenvalue weighted by molar-refractivity contribution is 7.89. The van der Waals surface area contributed by atoms with Gasteiger partial charge in [0.1, 0.15) is 0 Å². The molecule has 29 heavy (non-hydrogen) atoms. The summed E-state index contributed by atoms with van der Waals surface area (Å²) < 4.78 is 31.1. The van der Waals surface area contributed by atoms with Gasteiger partial charge in [0.25, 0.3) is 0 Å². The Labute approximate surface area is 172 Å². The number of ether oxygens (including phenoxy) is 1. The number of carbonyl (C=O) groups is 3. The lowest BCUT2D eigenvalue weighted by atomic mass is 10.2. The second kappa shape index (κ2) is 10.9. The van der Waals surface area contributed by atoms with Crippen LogP contribution in [0.4, 0.5) is 5.69 Å². The first-order valence-electron chi connectivity index (χ1n) is 9.16. The molecule has 9 nitrogen and oxygen atoms in total. The maximum Gasteiger partial charge on any atom is 0.307 e. The van der Waals surface area contributed by atoms with Crippen molar-refractivity contribution in [3.05, 3.63) is 24.3 Å².